The van der Waals surface area contributed by atoms with Crippen molar-refractivity contribution in [3.05, 3.63) is 34.9 Å². The predicted molar refractivity (Wildman–Crippen MR) is 175 cm³/mol. The van der Waals surface area contributed by atoms with Gasteiger partial charge in [-0.05, 0) is 25.5 Å². The van der Waals surface area contributed by atoms with E-state index in [9.17, 15) is 22.8 Å². The minimum atomic E-state index is -5.00. The second-order valence-corrected chi connectivity index (χ2v) is 12.5. The van der Waals surface area contributed by atoms with Gasteiger partial charge in [-0.2, -0.15) is 23.4 Å². The highest BCUT2D eigenvalue weighted by atomic mass is 31.1. The molecule has 2 aromatic rings. The molecule has 0 bridgehead atoms. The Kier molecular flexibility index (Phi) is 14.6. The van der Waals surface area contributed by atoms with Crippen molar-refractivity contribution < 1.29 is 50.7 Å². The molecule has 3 N–H and O–H groups in total. The summed E-state index contributed by atoms with van der Waals surface area (Å²) in [7, 11) is 1.23. The van der Waals surface area contributed by atoms with Crippen LogP contribution in [0.25, 0.3) is 0 Å². The van der Waals surface area contributed by atoms with E-state index >= 15 is 0 Å². The van der Waals surface area contributed by atoms with Gasteiger partial charge in [0, 0.05) is 25.6 Å². The molecule has 19 heteroatoms. The summed E-state index contributed by atoms with van der Waals surface area (Å²) in [6.45, 7) is 6.26. The highest BCUT2D eigenvalue weighted by molar-refractivity contribution is 7.26. The molecular weight excluding hydrogens is 688 g/mol. The summed E-state index contributed by atoms with van der Waals surface area (Å²) >= 11 is 0. The number of amides is 1. The van der Waals surface area contributed by atoms with Crippen LogP contribution in [0.4, 0.5) is 24.7 Å². The molecule has 0 radical (unpaired) electrons. The molecule has 0 aliphatic carbocycles. The van der Waals surface area contributed by atoms with E-state index in [1.54, 1.807) is 30.6 Å². The molecule has 6 atom stereocenters. The minimum Gasteiger partial charge on any atom is -0.489 e. The number of carbonyl (C=O) groups is 1. The number of aromatic nitrogens is 2. The molecule has 3 heterocycles. The van der Waals surface area contributed by atoms with Gasteiger partial charge in [0.1, 0.15) is 24.1 Å². The molecule has 1 aromatic carbocycles. The van der Waals surface area contributed by atoms with E-state index in [-0.39, 0.29) is 64.7 Å². The number of para-hydroxylation sites is 1. The third kappa shape index (κ3) is 11.0. The first kappa shape index (κ1) is 39.2. The van der Waals surface area contributed by atoms with Gasteiger partial charge in [0.15, 0.2) is 32.6 Å². The van der Waals surface area contributed by atoms with Crippen LogP contribution < -0.4 is 31.1 Å². The molecular formula is C31H42F3N6O9P. The average Bonchev–Trinajstić information content (AvgIpc) is 3.48. The zero-order chi connectivity index (χ0) is 36.3. The highest BCUT2D eigenvalue weighted by Gasteiger charge is 2.43. The first-order valence-electron chi connectivity index (χ1n) is 16.0. The number of rotatable bonds is 19. The molecule has 1 amide bonds. The summed E-state index contributed by atoms with van der Waals surface area (Å²) in [5.74, 6) is -1.28. The van der Waals surface area contributed by atoms with Gasteiger partial charge in [-0.1, -0.05) is 19.9 Å². The van der Waals surface area contributed by atoms with Crippen LogP contribution in [0.3, 0.4) is 0 Å². The lowest BCUT2D eigenvalue weighted by molar-refractivity contribution is -0.173. The van der Waals surface area contributed by atoms with E-state index in [0.717, 1.165) is 0 Å². The fourth-order valence-corrected chi connectivity index (χ4v) is 6.01. The third-order valence-corrected chi connectivity index (χ3v) is 8.18. The van der Waals surface area contributed by atoms with Crippen LogP contribution in [0.1, 0.15) is 46.3 Å². The topological polar surface area (TPSA) is 176 Å². The van der Waals surface area contributed by atoms with Crippen LogP contribution in [-0.4, -0.2) is 92.1 Å². The summed E-state index contributed by atoms with van der Waals surface area (Å²) in [4.78, 5) is 28.8. The maximum atomic E-state index is 13.5. The standard InChI is InChI=1S/C31H42F3N6O9P/c1-18(2)37-19(3)15-23(49-50-46-11-6-9-35)22-16-24(45-14-13-43-4)28(48-22)40-17-25-27(39-30(40)42)38-26-20(7-5-8-21(26)47-25)44-12-10-36-29(41)31(32,33)34/h5,7-8,17-19,22-24,28,37,50H,6,10-16H2,1-4H3,(H,36,41)(H,38,39,42)/t19?,22-,23?,24+,28+/m0/s1. The van der Waals surface area contributed by atoms with Crippen LogP contribution in [-0.2, 0) is 28.1 Å². The molecule has 50 heavy (non-hydrogen) atoms. The Morgan fingerprint density at radius 2 is 2.02 bits per heavy atom. The monoisotopic (exact) mass is 730 g/mol. The van der Waals surface area contributed by atoms with Crippen LogP contribution in [0, 0.1) is 11.3 Å². The second kappa shape index (κ2) is 18.6. The number of hydrogen-bond donors (Lipinski definition) is 3. The number of carbonyl (C=O) groups excluding carboxylic acids is 1. The number of nitrogens with one attached hydrogen (secondary N) is 3. The van der Waals surface area contributed by atoms with Gasteiger partial charge in [-0.3, -0.25) is 9.36 Å². The fourth-order valence-electron chi connectivity index (χ4n) is 5.38. The van der Waals surface area contributed by atoms with Gasteiger partial charge in [0.2, 0.25) is 0 Å². The first-order valence-corrected chi connectivity index (χ1v) is 16.8. The van der Waals surface area contributed by atoms with Crippen molar-refractivity contribution in [3.8, 4) is 23.3 Å². The summed E-state index contributed by atoms with van der Waals surface area (Å²) in [6, 6.07) is 7.11. The summed E-state index contributed by atoms with van der Waals surface area (Å²) in [5.41, 5.74) is -0.372. The Hall–Kier alpha value is -3.56. The van der Waals surface area contributed by atoms with Crippen molar-refractivity contribution in [2.75, 3.05) is 45.4 Å². The van der Waals surface area contributed by atoms with Crippen molar-refractivity contribution in [1.82, 2.24) is 20.2 Å². The molecule has 276 valence electrons. The molecule has 0 saturated carbocycles. The zero-order valence-electron chi connectivity index (χ0n) is 28.1. The van der Waals surface area contributed by atoms with Crippen LogP contribution in [0.5, 0.6) is 17.2 Å². The molecule has 0 spiro atoms. The quantitative estimate of drug-likeness (QED) is 0.119. The fraction of sp³-hybridized carbons (Fsp3) is 0.613. The molecule has 1 fully saturated rings. The summed E-state index contributed by atoms with van der Waals surface area (Å²) in [6.07, 6.45) is -4.79. The number of ether oxygens (including phenoxy) is 5. The van der Waals surface area contributed by atoms with Gasteiger partial charge in [0.05, 0.1) is 57.3 Å². The Balaban J connectivity index is 1.52. The Morgan fingerprint density at radius 3 is 2.74 bits per heavy atom. The van der Waals surface area contributed by atoms with Crippen molar-refractivity contribution in [2.24, 2.45) is 0 Å². The first-order chi connectivity index (χ1) is 23.9. The van der Waals surface area contributed by atoms with E-state index in [2.05, 4.69) is 15.6 Å². The van der Waals surface area contributed by atoms with E-state index < -0.39 is 48.9 Å². The normalized spacial score (nSPS) is 19.7. The Morgan fingerprint density at radius 1 is 1.22 bits per heavy atom. The van der Waals surface area contributed by atoms with Gasteiger partial charge < -0.3 is 48.7 Å². The predicted octanol–water partition coefficient (Wildman–Crippen LogP) is 4.07. The molecule has 1 saturated heterocycles. The van der Waals surface area contributed by atoms with Crippen LogP contribution >= 0.6 is 9.03 Å². The van der Waals surface area contributed by atoms with Crippen LogP contribution in [0.15, 0.2) is 29.2 Å². The van der Waals surface area contributed by atoms with Gasteiger partial charge in [-0.25, -0.2) is 4.79 Å². The van der Waals surface area contributed by atoms with Gasteiger partial charge in [0.25, 0.3) is 0 Å². The molecule has 2 aliphatic heterocycles. The Bertz CT molecular complexity index is 1530. The average molecular weight is 731 g/mol. The number of nitrogens with zero attached hydrogens (tertiary/aromatic N) is 3. The van der Waals surface area contributed by atoms with Crippen molar-refractivity contribution >= 4 is 26.4 Å². The zero-order valence-corrected chi connectivity index (χ0v) is 29.1. The molecule has 1 aromatic heterocycles. The summed E-state index contributed by atoms with van der Waals surface area (Å²) < 4.78 is 79.9. The lowest BCUT2D eigenvalue weighted by atomic mass is 10.0. The Labute approximate surface area is 289 Å². The lowest BCUT2D eigenvalue weighted by Gasteiger charge is -2.28. The molecule has 3 unspecified atom stereocenters. The molecule has 2 aliphatic rings. The summed E-state index contributed by atoms with van der Waals surface area (Å²) in [5, 5.41) is 17.0. The largest absolute Gasteiger partial charge is 0.489 e. The van der Waals surface area contributed by atoms with E-state index in [4.69, 9.17) is 38.0 Å². The van der Waals surface area contributed by atoms with E-state index in [0.29, 0.717) is 30.9 Å². The number of alkyl halides is 3. The minimum absolute atomic E-state index is 0.0552. The van der Waals surface area contributed by atoms with Crippen molar-refractivity contribution in [3.63, 3.8) is 0 Å². The van der Waals surface area contributed by atoms with Gasteiger partial charge >= 0.3 is 17.8 Å². The number of methoxy groups -OCH3 is 1. The maximum absolute atomic E-state index is 13.5. The number of benzene rings is 1. The van der Waals surface area contributed by atoms with Crippen LogP contribution in [0.2, 0.25) is 0 Å². The highest BCUT2D eigenvalue weighted by Crippen LogP contribution is 2.46. The number of hydrogen-bond acceptors (Lipinski definition) is 13. The van der Waals surface area contributed by atoms with Gasteiger partial charge in [-0.15, -0.1) is 0 Å². The smallest absolute Gasteiger partial charge is 0.471 e. The number of anilines is 2. The molecule has 15 nitrogen and oxygen atoms in total. The molecule has 4 rings (SSSR count). The lowest BCUT2D eigenvalue weighted by Crippen LogP contribution is -2.39. The number of nitriles is 1. The van der Waals surface area contributed by atoms with E-state index in [1.807, 2.05) is 26.8 Å². The van der Waals surface area contributed by atoms with Crippen molar-refractivity contribution in [2.45, 2.75) is 82.8 Å². The SMILES string of the molecule is COCCO[C@@H]1C[C@@H](C(CC(C)NC(C)C)OPOCCC#N)O[C@H]1n1cc2c(nc1=O)Nc1c(OCCNC(=O)C(F)(F)F)cccc1O2. The number of fused-ring (bicyclic) bond motifs is 2. The maximum Gasteiger partial charge on any atom is 0.471 e. The number of halogens is 3. The third-order valence-electron chi connectivity index (χ3n) is 7.46. The van der Waals surface area contributed by atoms with E-state index in [1.165, 1.54) is 10.8 Å². The second-order valence-electron chi connectivity index (χ2n) is 11.8. The van der Waals surface area contributed by atoms with Crippen molar-refractivity contribution in [1.29, 1.82) is 5.26 Å².